The first-order valence-electron chi connectivity index (χ1n) is 9.83. The molecule has 2 aromatic rings. The van der Waals surface area contributed by atoms with Gasteiger partial charge in [0.2, 0.25) is 5.91 Å². The van der Waals surface area contributed by atoms with Crippen LogP contribution in [0, 0.1) is 5.82 Å². The fraction of sp³-hybridized carbons (Fsp3) is 0.429. The minimum absolute atomic E-state index is 0.0447. The minimum Gasteiger partial charge on any atom is -0.348 e. The molecule has 7 heteroatoms. The summed E-state index contributed by atoms with van der Waals surface area (Å²) in [6.07, 6.45) is 3.84. The van der Waals surface area contributed by atoms with Crippen LogP contribution in [0.15, 0.2) is 42.6 Å². The number of benzene rings is 1. The number of nitrogens with zero attached hydrogens (tertiary/aromatic N) is 3. The number of halogens is 1. The Morgan fingerprint density at radius 2 is 2.04 bits per heavy atom. The second kappa shape index (κ2) is 7.66. The molecule has 28 heavy (non-hydrogen) atoms. The van der Waals surface area contributed by atoms with Gasteiger partial charge in [0.1, 0.15) is 12.4 Å². The molecule has 0 bridgehead atoms. The molecular weight excluding hydrogens is 359 g/mol. The van der Waals surface area contributed by atoms with Crippen molar-refractivity contribution in [3.63, 3.8) is 0 Å². The topological polar surface area (TPSA) is 57.6 Å². The minimum atomic E-state index is -0.359. The number of hydrogen-bond donors (Lipinski definition) is 1. The van der Waals surface area contributed by atoms with Gasteiger partial charge in [-0.15, -0.1) is 0 Å². The van der Waals surface area contributed by atoms with Crippen molar-refractivity contribution in [1.82, 2.24) is 19.7 Å². The van der Waals surface area contributed by atoms with Gasteiger partial charge >= 0.3 is 6.03 Å². The lowest BCUT2D eigenvalue weighted by atomic mass is 9.99. The molecule has 3 amide bonds. The molecule has 0 radical (unpaired) electrons. The Kier molecular flexibility index (Phi) is 5.07. The maximum atomic E-state index is 13.9. The SMILES string of the molecule is CCNC(=O)N(CC(=O)N1CCn2cccc2[C@H]1c1cccc(F)c1)C1CC1. The van der Waals surface area contributed by atoms with E-state index in [4.69, 9.17) is 0 Å². The molecule has 0 saturated heterocycles. The van der Waals surface area contributed by atoms with E-state index >= 15 is 0 Å². The van der Waals surface area contributed by atoms with Crippen LogP contribution in [-0.4, -0.2) is 52.0 Å². The van der Waals surface area contributed by atoms with Crippen LogP contribution in [0.4, 0.5) is 9.18 Å². The van der Waals surface area contributed by atoms with Gasteiger partial charge in [0.05, 0.1) is 6.04 Å². The zero-order valence-corrected chi connectivity index (χ0v) is 16.0. The van der Waals surface area contributed by atoms with Crippen LogP contribution in [0.5, 0.6) is 0 Å². The van der Waals surface area contributed by atoms with E-state index in [1.807, 2.05) is 31.3 Å². The lowest BCUT2D eigenvalue weighted by molar-refractivity contribution is -0.134. The third-order valence-electron chi connectivity index (χ3n) is 5.41. The van der Waals surface area contributed by atoms with E-state index in [-0.39, 0.29) is 36.4 Å². The number of urea groups is 1. The summed E-state index contributed by atoms with van der Waals surface area (Å²) in [5.74, 6) is -0.435. The highest BCUT2D eigenvalue weighted by Crippen LogP contribution is 2.33. The summed E-state index contributed by atoms with van der Waals surface area (Å²) in [6.45, 7) is 3.64. The van der Waals surface area contributed by atoms with Gasteiger partial charge in [-0.05, 0) is 49.6 Å². The summed E-state index contributed by atoms with van der Waals surface area (Å²) >= 11 is 0. The first kappa shape index (κ1) is 18.5. The zero-order valence-electron chi connectivity index (χ0n) is 16.0. The van der Waals surface area contributed by atoms with E-state index in [9.17, 15) is 14.0 Å². The number of aromatic nitrogens is 1. The van der Waals surface area contributed by atoms with E-state index in [2.05, 4.69) is 9.88 Å². The molecule has 1 aliphatic heterocycles. The average molecular weight is 384 g/mol. The highest BCUT2D eigenvalue weighted by molar-refractivity contribution is 5.85. The molecule has 1 atom stereocenters. The number of rotatable bonds is 5. The molecule has 4 rings (SSSR count). The van der Waals surface area contributed by atoms with Crippen molar-refractivity contribution in [2.24, 2.45) is 0 Å². The van der Waals surface area contributed by atoms with Gasteiger partial charge in [-0.25, -0.2) is 9.18 Å². The van der Waals surface area contributed by atoms with Crippen molar-refractivity contribution in [2.75, 3.05) is 19.6 Å². The van der Waals surface area contributed by atoms with Crippen molar-refractivity contribution >= 4 is 11.9 Å². The molecule has 148 valence electrons. The second-order valence-corrected chi connectivity index (χ2v) is 7.37. The lowest BCUT2D eigenvalue weighted by Crippen LogP contribution is -2.50. The highest BCUT2D eigenvalue weighted by Gasteiger charge is 2.37. The summed E-state index contributed by atoms with van der Waals surface area (Å²) in [6, 6.07) is 9.90. The molecule has 2 aliphatic rings. The van der Waals surface area contributed by atoms with Crippen molar-refractivity contribution in [1.29, 1.82) is 0 Å². The molecule has 0 unspecified atom stereocenters. The predicted octanol–water partition coefficient (Wildman–Crippen LogP) is 2.75. The van der Waals surface area contributed by atoms with Crippen LogP contribution in [-0.2, 0) is 11.3 Å². The zero-order chi connectivity index (χ0) is 19.7. The Bertz CT molecular complexity index is 877. The second-order valence-electron chi connectivity index (χ2n) is 7.37. The number of fused-ring (bicyclic) bond motifs is 1. The molecule has 2 heterocycles. The lowest BCUT2D eigenvalue weighted by Gasteiger charge is -2.38. The number of hydrogen-bond acceptors (Lipinski definition) is 2. The molecule has 1 aliphatic carbocycles. The third kappa shape index (κ3) is 3.61. The average Bonchev–Trinajstić information content (AvgIpc) is 3.41. The van der Waals surface area contributed by atoms with Gasteiger partial charge in [-0.3, -0.25) is 4.79 Å². The van der Waals surface area contributed by atoms with Gasteiger partial charge in [0.25, 0.3) is 0 Å². The first-order valence-corrected chi connectivity index (χ1v) is 9.83. The summed E-state index contributed by atoms with van der Waals surface area (Å²) in [5.41, 5.74) is 1.70. The van der Waals surface area contributed by atoms with E-state index in [0.29, 0.717) is 19.6 Å². The van der Waals surface area contributed by atoms with E-state index in [1.54, 1.807) is 15.9 Å². The van der Waals surface area contributed by atoms with Crippen LogP contribution in [0.3, 0.4) is 0 Å². The predicted molar refractivity (Wildman–Crippen MR) is 103 cm³/mol. The Labute approximate surface area is 163 Å². The van der Waals surface area contributed by atoms with Crippen LogP contribution in [0.2, 0.25) is 0 Å². The van der Waals surface area contributed by atoms with Crippen molar-refractivity contribution < 1.29 is 14.0 Å². The van der Waals surface area contributed by atoms with Crippen LogP contribution in [0.1, 0.15) is 37.1 Å². The van der Waals surface area contributed by atoms with Gasteiger partial charge in [-0.2, -0.15) is 0 Å². The van der Waals surface area contributed by atoms with Crippen LogP contribution in [0.25, 0.3) is 0 Å². The molecule has 1 N–H and O–H groups in total. The molecule has 1 aromatic carbocycles. The fourth-order valence-electron chi connectivity index (χ4n) is 3.92. The smallest absolute Gasteiger partial charge is 0.318 e. The van der Waals surface area contributed by atoms with Crippen molar-refractivity contribution in [3.8, 4) is 0 Å². The Hall–Kier alpha value is -2.83. The van der Waals surface area contributed by atoms with Crippen LogP contribution >= 0.6 is 0 Å². The summed E-state index contributed by atoms with van der Waals surface area (Å²) in [7, 11) is 0. The fourth-order valence-corrected chi connectivity index (χ4v) is 3.92. The Morgan fingerprint density at radius 1 is 1.21 bits per heavy atom. The Morgan fingerprint density at radius 3 is 2.75 bits per heavy atom. The third-order valence-corrected chi connectivity index (χ3v) is 5.41. The van der Waals surface area contributed by atoms with Gasteiger partial charge < -0.3 is 19.7 Å². The van der Waals surface area contributed by atoms with E-state index in [1.165, 1.54) is 12.1 Å². The van der Waals surface area contributed by atoms with Gasteiger partial charge in [0, 0.05) is 37.6 Å². The maximum Gasteiger partial charge on any atom is 0.318 e. The van der Waals surface area contributed by atoms with Crippen molar-refractivity contribution in [2.45, 2.75) is 38.4 Å². The maximum absolute atomic E-state index is 13.9. The number of carbonyl (C=O) groups is 2. The molecular formula is C21H25FN4O2. The quantitative estimate of drug-likeness (QED) is 0.862. The van der Waals surface area contributed by atoms with Gasteiger partial charge in [0.15, 0.2) is 0 Å². The number of amides is 3. The summed E-state index contributed by atoms with van der Waals surface area (Å²) in [5, 5.41) is 2.80. The molecule has 1 fully saturated rings. The normalized spacial score (nSPS) is 18.5. The molecule has 1 aromatic heterocycles. The van der Waals surface area contributed by atoms with E-state index in [0.717, 1.165) is 24.1 Å². The van der Waals surface area contributed by atoms with Gasteiger partial charge in [-0.1, -0.05) is 12.1 Å². The highest BCUT2D eigenvalue weighted by atomic mass is 19.1. The standard InChI is InChI=1S/C21H25FN4O2/c1-2-23-21(28)26(17-8-9-17)14-19(27)25-12-11-24-10-4-7-18(24)20(25)15-5-3-6-16(22)13-15/h3-7,10,13,17,20H,2,8-9,11-12,14H2,1H3,(H,23,28)/t20-/m1/s1. The molecule has 6 nitrogen and oxygen atoms in total. The largest absolute Gasteiger partial charge is 0.348 e. The summed E-state index contributed by atoms with van der Waals surface area (Å²) < 4.78 is 16.0. The van der Waals surface area contributed by atoms with E-state index < -0.39 is 0 Å². The summed E-state index contributed by atoms with van der Waals surface area (Å²) in [4.78, 5) is 29.1. The number of carbonyl (C=O) groups excluding carboxylic acids is 2. The number of nitrogens with one attached hydrogen (secondary N) is 1. The Balaban J connectivity index is 1.61. The molecule has 1 saturated carbocycles. The molecule has 0 spiro atoms. The van der Waals surface area contributed by atoms with Crippen molar-refractivity contribution in [3.05, 3.63) is 59.7 Å². The first-order chi connectivity index (χ1) is 13.6. The monoisotopic (exact) mass is 384 g/mol. The van der Waals surface area contributed by atoms with Crippen LogP contribution < -0.4 is 5.32 Å².